The van der Waals surface area contributed by atoms with Gasteiger partial charge in [0.1, 0.15) is 5.65 Å². The molecule has 2 saturated heterocycles. The lowest BCUT2D eigenvalue weighted by Crippen LogP contribution is -2.32. The quantitative estimate of drug-likeness (QED) is 0.288. The predicted molar refractivity (Wildman–Crippen MR) is 169 cm³/mol. The van der Waals surface area contributed by atoms with Crippen molar-refractivity contribution in [2.75, 3.05) is 26.3 Å². The number of benzene rings is 2. The second-order valence-corrected chi connectivity index (χ2v) is 11.9. The molecule has 0 amide bonds. The molecule has 2 aliphatic heterocycles. The Hall–Kier alpha value is -3.86. The Morgan fingerprint density at radius 3 is 2.30 bits per heavy atom. The van der Waals surface area contributed by atoms with Crippen LogP contribution in [0.5, 0.6) is 0 Å². The fraction of sp³-hybridized carbons (Fsp3) is 0.394. The van der Waals surface area contributed by atoms with Crippen LogP contribution in [-0.4, -0.2) is 58.7 Å². The summed E-state index contributed by atoms with van der Waals surface area (Å²) in [5, 5.41) is 1.01. The smallest absolute Gasteiger partial charge is 0.335 e. The van der Waals surface area contributed by atoms with Gasteiger partial charge in [0.15, 0.2) is 0 Å². The van der Waals surface area contributed by atoms with Crippen LogP contribution < -0.4 is 5.69 Å². The number of nitrogens with zero attached hydrogens (tertiary/aromatic N) is 4. The maximum absolute atomic E-state index is 13.6. The van der Waals surface area contributed by atoms with Crippen LogP contribution in [0.1, 0.15) is 44.2 Å². The van der Waals surface area contributed by atoms with Gasteiger partial charge in [0, 0.05) is 38.4 Å². The van der Waals surface area contributed by atoms with Crippen LogP contribution in [0.2, 0.25) is 0 Å². The fourth-order valence-electron chi connectivity index (χ4n) is 6.63. The minimum atomic E-state index is -0.750. The van der Waals surface area contributed by atoms with Gasteiger partial charge in [-0.1, -0.05) is 61.5 Å². The van der Waals surface area contributed by atoms with Crippen molar-refractivity contribution in [3.63, 3.8) is 0 Å². The van der Waals surface area contributed by atoms with E-state index in [9.17, 15) is 4.79 Å². The lowest BCUT2D eigenvalue weighted by atomic mass is 9.97. The average molecular weight is 600 g/mol. The fourth-order valence-corrected chi connectivity index (χ4v) is 6.63. The summed E-state index contributed by atoms with van der Waals surface area (Å²) in [6.07, 6.45) is 6.07. The van der Waals surface area contributed by atoms with E-state index in [-0.39, 0.29) is 11.7 Å². The molecule has 7 rings (SSSR count). The molecule has 0 atom stereocenters. The topological polar surface area (TPSA) is 102 Å². The van der Waals surface area contributed by atoms with Gasteiger partial charge < -0.3 is 9.72 Å². The number of hydrogen-bond acceptors (Lipinski definition) is 6. The van der Waals surface area contributed by atoms with Crippen molar-refractivity contribution in [2.45, 2.75) is 45.2 Å². The molecule has 9 nitrogen and oxygen atoms in total. The molecule has 0 radical (unpaired) electrons. The van der Waals surface area contributed by atoms with Gasteiger partial charge in [0.25, 0.3) is 0 Å². The summed E-state index contributed by atoms with van der Waals surface area (Å²) in [5.41, 5.74) is 8.34. The Balaban J connectivity index is 0.00000105. The molecule has 0 unspecified atom stereocenters. The van der Waals surface area contributed by atoms with Crippen molar-refractivity contribution in [2.24, 2.45) is 13.0 Å². The number of ether oxygens (including phenoxy) is 1. The summed E-state index contributed by atoms with van der Waals surface area (Å²) in [6, 6.07) is 19.6. The van der Waals surface area contributed by atoms with Gasteiger partial charge in [-0.3, -0.25) is 14.0 Å². The zero-order valence-corrected chi connectivity index (χ0v) is 25.4. The zero-order chi connectivity index (χ0) is 29.9. The van der Waals surface area contributed by atoms with Crippen LogP contribution in [-0.2, 0) is 29.9 Å². The number of H-pyrrole nitrogens is 1. The van der Waals surface area contributed by atoms with E-state index in [4.69, 9.17) is 18.1 Å². The molecule has 0 saturated carbocycles. The number of aromatic nitrogens is 4. The highest BCUT2D eigenvalue weighted by atomic mass is 32.1. The SMILES string of the molecule is CC1CCN(Cc2ccc(-c3[nH]c4ncc5c(c4c3-c3ccccc3)n(C3CCOCC3)c(=O)n5C)cc2)CC1.O=S=O. The molecule has 5 aromatic rings. The van der Waals surface area contributed by atoms with E-state index >= 15 is 0 Å². The number of aryl methyl sites for hydroxylation is 1. The third kappa shape index (κ3) is 5.74. The molecule has 0 spiro atoms. The highest BCUT2D eigenvalue weighted by Crippen LogP contribution is 2.41. The molecule has 0 bridgehead atoms. The molecular formula is C33H37N5O4S. The molecule has 3 aromatic heterocycles. The van der Waals surface area contributed by atoms with Crippen molar-refractivity contribution in [1.29, 1.82) is 0 Å². The van der Waals surface area contributed by atoms with E-state index in [0.29, 0.717) is 13.2 Å². The Kier molecular flexibility index (Phi) is 8.69. The first-order chi connectivity index (χ1) is 21.0. The molecule has 10 heteroatoms. The van der Waals surface area contributed by atoms with Gasteiger partial charge in [-0.25, -0.2) is 9.78 Å². The second-order valence-electron chi connectivity index (χ2n) is 11.7. The number of pyridine rings is 1. The van der Waals surface area contributed by atoms with Crippen molar-refractivity contribution in [3.05, 3.63) is 76.8 Å². The number of likely N-dealkylation sites (tertiary alicyclic amines) is 1. The maximum Gasteiger partial charge on any atom is 0.335 e. The number of nitrogens with one attached hydrogen (secondary N) is 1. The molecule has 2 fully saturated rings. The highest BCUT2D eigenvalue weighted by molar-refractivity contribution is 7.51. The van der Waals surface area contributed by atoms with Crippen LogP contribution in [0.4, 0.5) is 0 Å². The highest BCUT2D eigenvalue weighted by Gasteiger charge is 2.27. The molecule has 2 aromatic carbocycles. The Labute approximate surface area is 254 Å². The van der Waals surface area contributed by atoms with Crippen molar-refractivity contribution in [1.82, 2.24) is 24.0 Å². The predicted octanol–water partition coefficient (Wildman–Crippen LogP) is 5.46. The Morgan fingerprint density at radius 1 is 0.953 bits per heavy atom. The van der Waals surface area contributed by atoms with Crippen molar-refractivity contribution < 1.29 is 13.2 Å². The lowest BCUT2D eigenvalue weighted by molar-refractivity contribution is 0.0697. The van der Waals surface area contributed by atoms with Crippen molar-refractivity contribution in [3.8, 4) is 22.4 Å². The first-order valence-electron chi connectivity index (χ1n) is 15.0. The van der Waals surface area contributed by atoms with E-state index < -0.39 is 11.6 Å². The normalized spacial score (nSPS) is 16.8. The largest absolute Gasteiger partial charge is 0.381 e. The van der Waals surface area contributed by atoms with E-state index in [1.54, 1.807) is 4.57 Å². The number of aromatic amines is 1. The summed E-state index contributed by atoms with van der Waals surface area (Å²) >= 11 is -0.750. The van der Waals surface area contributed by atoms with Gasteiger partial charge in [-0.05, 0) is 61.4 Å². The molecule has 5 heterocycles. The standard InChI is InChI=1S/C33H37N5O2.O2S/c1-22-12-16-37(17-13-22)21-23-8-10-25(11-9-23)30-28(24-6-4-3-5-7-24)29-31-27(20-34-32(29)35-30)36(2)33(39)38(31)26-14-18-40-19-15-26;1-3-2/h3-11,20,22,26H,12-19,21H2,1-2H3,(H,34,35);. The van der Waals surface area contributed by atoms with Gasteiger partial charge in [-0.15, -0.1) is 0 Å². The van der Waals surface area contributed by atoms with E-state index in [1.165, 1.54) is 31.5 Å². The summed E-state index contributed by atoms with van der Waals surface area (Å²) in [6.45, 7) is 7.06. The van der Waals surface area contributed by atoms with Crippen molar-refractivity contribution >= 4 is 33.6 Å². The minimum absolute atomic E-state index is 0.00872. The molecule has 2 aliphatic rings. The summed E-state index contributed by atoms with van der Waals surface area (Å²) in [4.78, 5) is 24.7. The average Bonchev–Trinajstić information content (AvgIpc) is 3.55. The van der Waals surface area contributed by atoms with Gasteiger partial charge >= 0.3 is 17.3 Å². The summed E-state index contributed by atoms with van der Waals surface area (Å²) in [7, 11) is 1.85. The van der Waals surface area contributed by atoms with Crippen LogP contribution in [0.15, 0.2) is 65.6 Å². The van der Waals surface area contributed by atoms with Crippen LogP contribution in [0.25, 0.3) is 44.5 Å². The molecule has 0 aliphatic carbocycles. The van der Waals surface area contributed by atoms with Gasteiger partial charge in [0.05, 0.1) is 28.3 Å². The molecule has 43 heavy (non-hydrogen) atoms. The summed E-state index contributed by atoms with van der Waals surface area (Å²) < 4.78 is 26.0. The van der Waals surface area contributed by atoms with E-state index in [1.807, 2.05) is 23.9 Å². The number of imidazole rings is 1. The van der Waals surface area contributed by atoms with Crippen LogP contribution >= 0.6 is 0 Å². The number of rotatable bonds is 5. The van der Waals surface area contributed by atoms with E-state index in [2.05, 4.69) is 65.3 Å². The number of hydrogen-bond donors (Lipinski definition) is 1. The molecule has 224 valence electrons. The maximum atomic E-state index is 13.6. The first-order valence-corrected chi connectivity index (χ1v) is 15.6. The Morgan fingerprint density at radius 2 is 1.63 bits per heavy atom. The van der Waals surface area contributed by atoms with E-state index in [0.717, 1.165) is 69.8 Å². The van der Waals surface area contributed by atoms with Gasteiger partial charge in [0.2, 0.25) is 0 Å². The number of piperidine rings is 1. The molecule has 1 N–H and O–H groups in total. The lowest BCUT2D eigenvalue weighted by Gasteiger charge is -2.30. The monoisotopic (exact) mass is 599 g/mol. The van der Waals surface area contributed by atoms with Crippen LogP contribution in [0, 0.1) is 5.92 Å². The molecular weight excluding hydrogens is 562 g/mol. The summed E-state index contributed by atoms with van der Waals surface area (Å²) in [5.74, 6) is 0.838. The zero-order valence-electron chi connectivity index (χ0n) is 24.6. The van der Waals surface area contributed by atoms with Gasteiger partial charge in [-0.2, -0.15) is 8.42 Å². The first kappa shape index (κ1) is 29.2. The minimum Gasteiger partial charge on any atom is -0.381 e. The number of fused-ring (bicyclic) bond motifs is 3. The third-order valence-corrected chi connectivity index (χ3v) is 9.01. The third-order valence-electron chi connectivity index (χ3n) is 9.01. The Bertz CT molecular complexity index is 1810. The van der Waals surface area contributed by atoms with Crippen LogP contribution in [0.3, 0.4) is 0 Å². The second kappa shape index (κ2) is 12.8.